The molecule has 0 aromatic heterocycles. The van der Waals surface area contributed by atoms with Crippen LogP contribution in [0.2, 0.25) is 0 Å². The van der Waals surface area contributed by atoms with Gasteiger partial charge in [0.1, 0.15) is 5.82 Å². The smallest absolute Gasteiger partial charge is 0.262 e. The number of amides is 1. The van der Waals surface area contributed by atoms with Crippen LogP contribution in [0.1, 0.15) is 28.8 Å². The molecule has 0 bridgehead atoms. The third-order valence-corrected chi connectivity index (χ3v) is 5.99. The molecule has 0 saturated carbocycles. The molecule has 1 aliphatic heterocycles. The number of aryl methyl sites for hydroxylation is 1. The quantitative estimate of drug-likeness (QED) is 0.731. The van der Waals surface area contributed by atoms with E-state index in [9.17, 15) is 17.6 Å². The zero-order valence-electron chi connectivity index (χ0n) is 15.0. The zero-order chi connectivity index (χ0) is 19.4. The van der Waals surface area contributed by atoms with Gasteiger partial charge >= 0.3 is 0 Å². The van der Waals surface area contributed by atoms with Crippen LogP contribution in [0.15, 0.2) is 47.4 Å². The van der Waals surface area contributed by atoms with E-state index in [0.29, 0.717) is 12.1 Å². The maximum atomic E-state index is 13.0. The van der Waals surface area contributed by atoms with Crippen LogP contribution in [0, 0.1) is 12.7 Å². The van der Waals surface area contributed by atoms with Crippen LogP contribution in [-0.4, -0.2) is 33.5 Å². The first-order valence-corrected chi connectivity index (χ1v) is 10.2. The second kappa shape index (κ2) is 8.06. The first-order chi connectivity index (χ1) is 12.8. The van der Waals surface area contributed by atoms with Crippen molar-refractivity contribution in [3.63, 3.8) is 0 Å². The number of carbonyl (C=O) groups excluding carboxylic acids is 1. The number of sulfonamides is 1. The van der Waals surface area contributed by atoms with Crippen molar-refractivity contribution < 1.29 is 17.6 Å². The van der Waals surface area contributed by atoms with Gasteiger partial charge in [-0.2, -0.15) is 0 Å². The zero-order valence-corrected chi connectivity index (χ0v) is 15.8. The van der Waals surface area contributed by atoms with E-state index in [0.717, 1.165) is 19.4 Å². The van der Waals surface area contributed by atoms with Gasteiger partial charge in [-0.25, -0.2) is 12.8 Å². The van der Waals surface area contributed by atoms with Gasteiger partial charge in [0.15, 0.2) is 0 Å². The Morgan fingerprint density at radius 1 is 1.19 bits per heavy atom. The topological polar surface area (TPSA) is 87.3 Å². The number of hydrogen-bond acceptors (Lipinski definition) is 4. The lowest BCUT2D eigenvalue weighted by Gasteiger charge is -2.24. The lowest BCUT2D eigenvalue weighted by atomic mass is 10.1. The predicted octanol–water partition coefficient (Wildman–Crippen LogP) is 2.42. The molecule has 6 nitrogen and oxygen atoms in total. The van der Waals surface area contributed by atoms with E-state index in [1.807, 2.05) is 0 Å². The third kappa shape index (κ3) is 4.84. The molecule has 3 rings (SSSR count). The van der Waals surface area contributed by atoms with Gasteiger partial charge < -0.3 is 10.6 Å². The van der Waals surface area contributed by atoms with Crippen molar-refractivity contribution in [1.82, 2.24) is 10.6 Å². The van der Waals surface area contributed by atoms with Crippen LogP contribution >= 0.6 is 0 Å². The van der Waals surface area contributed by atoms with Crippen molar-refractivity contribution in [2.75, 3.05) is 17.8 Å². The van der Waals surface area contributed by atoms with E-state index in [2.05, 4.69) is 15.4 Å². The number of benzene rings is 2. The third-order valence-electron chi connectivity index (χ3n) is 4.47. The van der Waals surface area contributed by atoms with Gasteiger partial charge in [-0.15, -0.1) is 0 Å². The van der Waals surface area contributed by atoms with Crippen molar-refractivity contribution in [3.8, 4) is 0 Å². The molecular formula is C19H22FN3O3S. The Balaban J connectivity index is 1.81. The summed E-state index contributed by atoms with van der Waals surface area (Å²) in [7, 11) is -3.91. The first-order valence-electron chi connectivity index (χ1n) is 8.76. The van der Waals surface area contributed by atoms with Crippen LogP contribution in [0.4, 0.5) is 10.1 Å². The Morgan fingerprint density at radius 3 is 2.59 bits per heavy atom. The molecule has 0 spiro atoms. The highest BCUT2D eigenvalue weighted by atomic mass is 32.2. The first kappa shape index (κ1) is 19.3. The minimum atomic E-state index is -3.91. The monoisotopic (exact) mass is 391 g/mol. The molecule has 0 aliphatic carbocycles. The van der Waals surface area contributed by atoms with Crippen molar-refractivity contribution in [2.45, 2.75) is 30.7 Å². The number of nitrogens with one attached hydrogen (secondary N) is 3. The number of anilines is 1. The Labute approximate surface area is 158 Å². The summed E-state index contributed by atoms with van der Waals surface area (Å²) in [6.45, 7) is 3.30. The van der Waals surface area contributed by atoms with Crippen LogP contribution in [0.5, 0.6) is 0 Å². The van der Waals surface area contributed by atoms with E-state index in [-0.39, 0.29) is 28.1 Å². The summed E-state index contributed by atoms with van der Waals surface area (Å²) in [4.78, 5) is 12.5. The number of piperidine rings is 1. The van der Waals surface area contributed by atoms with Crippen molar-refractivity contribution in [1.29, 1.82) is 0 Å². The minimum absolute atomic E-state index is 0.0150. The minimum Gasteiger partial charge on any atom is -0.348 e. The van der Waals surface area contributed by atoms with Crippen LogP contribution in [0.25, 0.3) is 0 Å². The fraction of sp³-hybridized carbons (Fsp3) is 0.316. The van der Waals surface area contributed by atoms with E-state index < -0.39 is 15.8 Å². The van der Waals surface area contributed by atoms with Crippen LogP contribution in [0.3, 0.4) is 0 Å². The van der Waals surface area contributed by atoms with Gasteiger partial charge in [-0.3, -0.25) is 9.52 Å². The van der Waals surface area contributed by atoms with E-state index in [1.54, 1.807) is 19.1 Å². The summed E-state index contributed by atoms with van der Waals surface area (Å²) >= 11 is 0. The summed E-state index contributed by atoms with van der Waals surface area (Å²) in [5.74, 6) is -0.757. The summed E-state index contributed by atoms with van der Waals surface area (Å²) in [5, 5.41) is 6.15. The Hall–Kier alpha value is -2.45. The van der Waals surface area contributed by atoms with Gasteiger partial charge in [0.05, 0.1) is 4.90 Å². The van der Waals surface area contributed by atoms with Gasteiger partial charge in [0, 0.05) is 23.8 Å². The SMILES string of the molecule is Cc1ccc(C(=O)NC2CCCNC2)cc1S(=O)(=O)Nc1ccc(F)cc1. The maximum absolute atomic E-state index is 13.0. The van der Waals surface area contributed by atoms with E-state index in [4.69, 9.17) is 0 Å². The molecule has 2 aromatic carbocycles. The molecule has 1 saturated heterocycles. The standard InChI is InChI=1S/C19H22FN3O3S/c1-13-4-5-14(19(24)22-17-3-2-10-21-12-17)11-18(13)27(25,26)23-16-8-6-15(20)7-9-16/h4-9,11,17,21,23H,2-3,10,12H2,1H3,(H,22,24). The molecule has 1 fully saturated rings. The van der Waals surface area contributed by atoms with Gasteiger partial charge in [-0.05, 0) is 68.3 Å². The predicted molar refractivity (Wildman–Crippen MR) is 102 cm³/mol. The summed E-state index contributed by atoms with van der Waals surface area (Å²) in [6.07, 6.45) is 1.88. The number of hydrogen-bond donors (Lipinski definition) is 3. The van der Waals surface area contributed by atoms with E-state index >= 15 is 0 Å². The second-order valence-corrected chi connectivity index (χ2v) is 8.26. The maximum Gasteiger partial charge on any atom is 0.262 e. The van der Waals surface area contributed by atoms with Crippen molar-refractivity contribution >= 4 is 21.6 Å². The number of carbonyl (C=O) groups is 1. The fourth-order valence-electron chi connectivity index (χ4n) is 3.00. The van der Waals surface area contributed by atoms with Crippen molar-refractivity contribution in [3.05, 3.63) is 59.4 Å². The van der Waals surface area contributed by atoms with E-state index in [1.165, 1.54) is 30.3 Å². The fourth-order valence-corrected chi connectivity index (χ4v) is 4.33. The Morgan fingerprint density at radius 2 is 1.93 bits per heavy atom. The van der Waals surface area contributed by atoms with Gasteiger partial charge in [-0.1, -0.05) is 6.07 Å². The molecule has 1 aliphatic rings. The van der Waals surface area contributed by atoms with Crippen molar-refractivity contribution in [2.24, 2.45) is 0 Å². The van der Waals surface area contributed by atoms with Crippen LogP contribution in [-0.2, 0) is 10.0 Å². The molecule has 1 heterocycles. The molecule has 1 unspecified atom stereocenters. The van der Waals surface area contributed by atoms with Crippen LogP contribution < -0.4 is 15.4 Å². The second-order valence-electron chi connectivity index (χ2n) is 6.61. The average molecular weight is 391 g/mol. The normalized spacial score (nSPS) is 17.3. The molecule has 8 heteroatoms. The highest BCUT2D eigenvalue weighted by molar-refractivity contribution is 7.92. The lowest BCUT2D eigenvalue weighted by Crippen LogP contribution is -2.45. The highest BCUT2D eigenvalue weighted by Gasteiger charge is 2.21. The molecule has 27 heavy (non-hydrogen) atoms. The average Bonchev–Trinajstić information content (AvgIpc) is 2.64. The Kier molecular flexibility index (Phi) is 5.76. The number of halogens is 1. The van der Waals surface area contributed by atoms with Gasteiger partial charge in [0.2, 0.25) is 0 Å². The van der Waals surface area contributed by atoms with Gasteiger partial charge in [0.25, 0.3) is 15.9 Å². The molecule has 1 amide bonds. The molecule has 2 aromatic rings. The Bertz CT molecular complexity index is 924. The largest absolute Gasteiger partial charge is 0.348 e. The molecule has 144 valence electrons. The summed E-state index contributed by atoms with van der Waals surface area (Å²) in [5.41, 5.74) is 1.05. The summed E-state index contributed by atoms with van der Waals surface area (Å²) < 4.78 is 40.9. The molecule has 1 atom stereocenters. The molecule has 3 N–H and O–H groups in total. The molecular weight excluding hydrogens is 369 g/mol. The summed E-state index contributed by atoms with van der Waals surface area (Å²) in [6, 6.07) is 9.64. The highest BCUT2D eigenvalue weighted by Crippen LogP contribution is 2.21. The lowest BCUT2D eigenvalue weighted by molar-refractivity contribution is 0.0930. The number of rotatable bonds is 5. The molecule has 0 radical (unpaired) electrons.